The Balaban J connectivity index is 1.07. The number of carbonyl (C=O) groups is 1. The van der Waals surface area contributed by atoms with Gasteiger partial charge in [-0.15, -0.1) is 0 Å². The molecule has 3 heterocycles. The molecule has 1 aromatic heterocycles. The van der Waals surface area contributed by atoms with E-state index in [1.807, 2.05) is 24.3 Å². The Bertz CT molecular complexity index is 1320. The van der Waals surface area contributed by atoms with Crippen LogP contribution in [0.1, 0.15) is 34.3 Å². The van der Waals surface area contributed by atoms with Crippen LogP contribution in [0.5, 0.6) is 0 Å². The molecule has 0 atom stereocenters. The molecule has 0 unspecified atom stereocenters. The number of aromatic nitrogens is 1. The van der Waals surface area contributed by atoms with E-state index in [0.29, 0.717) is 34.0 Å². The Morgan fingerprint density at radius 1 is 0.950 bits per heavy atom. The first kappa shape index (κ1) is 28.3. The van der Waals surface area contributed by atoms with Crippen LogP contribution in [-0.4, -0.2) is 70.9 Å². The minimum Gasteiger partial charge on any atom is -0.353 e. The van der Waals surface area contributed by atoms with Gasteiger partial charge < -0.3 is 10.2 Å². The number of rotatable bonds is 8. The topological polar surface area (TPSA) is 94.9 Å². The van der Waals surface area contributed by atoms with E-state index in [1.165, 1.54) is 0 Å². The van der Waals surface area contributed by atoms with Crippen molar-refractivity contribution in [2.45, 2.75) is 32.0 Å². The molecule has 9 nitrogen and oxygen atoms in total. The average molecular weight is 584 g/mol. The number of anilines is 1. The first-order valence-corrected chi connectivity index (χ1v) is 14.2. The van der Waals surface area contributed by atoms with E-state index in [-0.39, 0.29) is 16.5 Å². The van der Waals surface area contributed by atoms with Crippen molar-refractivity contribution in [1.82, 2.24) is 20.1 Å². The smallest absolute Gasteiger partial charge is 0.269 e. The Morgan fingerprint density at radius 2 is 1.60 bits per heavy atom. The highest BCUT2D eigenvalue weighted by atomic mass is 35.5. The van der Waals surface area contributed by atoms with Gasteiger partial charge in [-0.05, 0) is 55.3 Å². The molecule has 5 rings (SSSR count). The van der Waals surface area contributed by atoms with Crippen molar-refractivity contribution in [2.75, 3.05) is 44.2 Å². The van der Waals surface area contributed by atoms with Crippen LogP contribution in [0.3, 0.4) is 0 Å². The standard InChI is InChI=1S/C29H32Cl2N6O3/c30-24-5-1-21(2-6-24)18-33-29(38)23-17-27(31)28(32-19-23)36-15-13-35(14-16-36)25-9-11-34(12-10-25)20-22-3-7-26(8-4-22)37(39)40/h1-8,17,19,25H,9-16,18,20H2,(H,33,38). The molecule has 210 valence electrons. The lowest BCUT2D eigenvalue weighted by molar-refractivity contribution is -0.384. The molecule has 2 aromatic carbocycles. The Labute approximate surface area is 243 Å². The van der Waals surface area contributed by atoms with Gasteiger partial charge in [0.15, 0.2) is 0 Å². The van der Waals surface area contributed by atoms with Gasteiger partial charge in [0, 0.05) is 68.7 Å². The van der Waals surface area contributed by atoms with Gasteiger partial charge in [0.05, 0.1) is 15.5 Å². The minimum absolute atomic E-state index is 0.129. The number of likely N-dealkylation sites (tertiary alicyclic amines) is 1. The molecular formula is C29H32Cl2N6O3. The van der Waals surface area contributed by atoms with Crippen LogP contribution in [0.15, 0.2) is 60.8 Å². The summed E-state index contributed by atoms with van der Waals surface area (Å²) in [5.41, 5.74) is 2.63. The summed E-state index contributed by atoms with van der Waals surface area (Å²) in [7, 11) is 0. The number of carbonyl (C=O) groups excluding carboxylic acids is 1. The van der Waals surface area contributed by atoms with Crippen molar-refractivity contribution >= 4 is 40.6 Å². The number of pyridine rings is 1. The number of nitro benzene ring substituents is 1. The van der Waals surface area contributed by atoms with E-state index in [1.54, 1.807) is 36.5 Å². The number of halogens is 2. The number of hydrogen-bond donors (Lipinski definition) is 1. The van der Waals surface area contributed by atoms with Crippen LogP contribution in [0.2, 0.25) is 10.0 Å². The summed E-state index contributed by atoms with van der Waals surface area (Å²) in [5.74, 6) is 0.495. The molecule has 0 spiro atoms. The fraction of sp³-hybridized carbons (Fsp3) is 0.379. The number of nitro groups is 1. The van der Waals surface area contributed by atoms with Crippen LogP contribution in [0.4, 0.5) is 11.5 Å². The van der Waals surface area contributed by atoms with E-state index >= 15 is 0 Å². The molecule has 2 aliphatic rings. The number of nitrogens with zero attached hydrogens (tertiary/aromatic N) is 5. The van der Waals surface area contributed by atoms with Gasteiger partial charge >= 0.3 is 0 Å². The molecule has 2 saturated heterocycles. The van der Waals surface area contributed by atoms with Crippen molar-refractivity contribution in [2.24, 2.45) is 0 Å². The fourth-order valence-corrected chi connectivity index (χ4v) is 5.81. The van der Waals surface area contributed by atoms with Crippen molar-refractivity contribution in [3.8, 4) is 0 Å². The molecule has 2 aliphatic heterocycles. The molecule has 0 radical (unpaired) electrons. The van der Waals surface area contributed by atoms with Crippen LogP contribution in [0, 0.1) is 10.1 Å². The van der Waals surface area contributed by atoms with Gasteiger partial charge in [0.1, 0.15) is 5.82 Å². The molecule has 1 amide bonds. The summed E-state index contributed by atoms with van der Waals surface area (Å²) in [6, 6.07) is 16.4. The molecule has 0 bridgehead atoms. The van der Waals surface area contributed by atoms with E-state index in [9.17, 15) is 14.9 Å². The SMILES string of the molecule is O=C(NCc1ccc(Cl)cc1)c1cnc(N2CCN(C3CCN(Cc4ccc([N+](=O)[O-])cc4)CC3)CC2)c(Cl)c1. The lowest BCUT2D eigenvalue weighted by Gasteiger charge is -2.43. The molecule has 40 heavy (non-hydrogen) atoms. The van der Waals surface area contributed by atoms with Crippen LogP contribution < -0.4 is 10.2 Å². The Morgan fingerprint density at radius 3 is 2.23 bits per heavy atom. The molecule has 0 saturated carbocycles. The number of nitrogens with one attached hydrogen (secondary N) is 1. The molecule has 2 fully saturated rings. The third-order valence-electron chi connectivity index (χ3n) is 7.69. The van der Waals surface area contributed by atoms with Gasteiger partial charge in [-0.2, -0.15) is 0 Å². The fourth-order valence-electron chi connectivity index (χ4n) is 5.40. The number of piperazine rings is 1. The molecule has 11 heteroatoms. The van der Waals surface area contributed by atoms with Crippen LogP contribution in [-0.2, 0) is 13.1 Å². The number of hydrogen-bond acceptors (Lipinski definition) is 7. The van der Waals surface area contributed by atoms with Crippen molar-refractivity contribution in [3.63, 3.8) is 0 Å². The third kappa shape index (κ3) is 7.09. The van der Waals surface area contributed by atoms with Gasteiger partial charge in [0.25, 0.3) is 11.6 Å². The number of piperidine rings is 1. The largest absolute Gasteiger partial charge is 0.353 e. The van der Waals surface area contributed by atoms with Crippen LogP contribution in [0.25, 0.3) is 0 Å². The number of benzene rings is 2. The predicted octanol–water partition coefficient (Wildman–Crippen LogP) is 5.01. The van der Waals surface area contributed by atoms with E-state index in [4.69, 9.17) is 23.2 Å². The highest BCUT2D eigenvalue weighted by Crippen LogP contribution is 2.27. The maximum absolute atomic E-state index is 12.6. The second-order valence-electron chi connectivity index (χ2n) is 10.3. The minimum atomic E-state index is -0.363. The van der Waals surface area contributed by atoms with Gasteiger partial charge in [-0.1, -0.05) is 47.5 Å². The first-order chi connectivity index (χ1) is 19.4. The second kappa shape index (κ2) is 13.0. The van der Waals surface area contributed by atoms with Crippen molar-refractivity contribution in [3.05, 3.63) is 97.6 Å². The number of non-ortho nitro benzene ring substituents is 1. The summed E-state index contributed by atoms with van der Waals surface area (Å²) in [6.45, 7) is 6.77. The zero-order chi connectivity index (χ0) is 28.1. The number of amides is 1. The van der Waals surface area contributed by atoms with Gasteiger partial charge in [-0.3, -0.25) is 24.7 Å². The molecular weight excluding hydrogens is 551 g/mol. The quantitative estimate of drug-likeness (QED) is 0.294. The average Bonchev–Trinajstić information content (AvgIpc) is 2.97. The maximum atomic E-state index is 12.6. The zero-order valence-electron chi connectivity index (χ0n) is 22.1. The van der Waals surface area contributed by atoms with Crippen molar-refractivity contribution in [1.29, 1.82) is 0 Å². The first-order valence-electron chi connectivity index (χ1n) is 13.5. The summed E-state index contributed by atoms with van der Waals surface area (Å²) in [4.78, 5) is 34.9. The summed E-state index contributed by atoms with van der Waals surface area (Å²) in [5, 5.41) is 14.9. The lowest BCUT2D eigenvalue weighted by Crippen LogP contribution is -2.53. The van der Waals surface area contributed by atoms with E-state index in [0.717, 1.165) is 69.8 Å². The summed E-state index contributed by atoms with van der Waals surface area (Å²) < 4.78 is 0. The van der Waals surface area contributed by atoms with E-state index in [2.05, 4.69) is 25.0 Å². The van der Waals surface area contributed by atoms with Crippen molar-refractivity contribution < 1.29 is 9.72 Å². The normalized spacial score (nSPS) is 17.1. The zero-order valence-corrected chi connectivity index (χ0v) is 23.7. The van der Waals surface area contributed by atoms with Gasteiger partial charge in [0.2, 0.25) is 0 Å². The monoisotopic (exact) mass is 582 g/mol. The van der Waals surface area contributed by atoms with E-state index < -0.39 is 0 Å². The third-order valence-corrected chi connectivity index (χ3v) is 8.22. The Hall–Kier alpha value is -3.24. The maximum Gasteiger partial charge on any atom is 0.269 e. The second-order valence-corrected chi connectivity index (χ2v) is 11.1. The highest BCUT2D eigenvalue weighted by molar-refractivity contribution is 6.33. The Kier molecular flexibility index (Phi) is 9.16. The van der Waals surface area contributed by atoms with Gasteiger partial charge in [-0.25, -0.2) is 4.98 Å². The predicted molar refractivity (Wildman–Crippen MR) is 157 cm³/mol. The molecule has 3 aromatic rings. The molecule has 0 aliphatic carbocycles. The lowest BCUT2D eigenvalue weighted by atomic mass is 10.0. The highest BCUT2D eigenvalue weighted by Gasteiger charge is 2.28. The summed E-state index contributed by atoms with van der Waals surface area (Å²) in [6.07, 6.45) is 3.79. The summed E-state index contributed by atoms with van der Waals surface area (Å²) >= 11 is 12.5. The van der Waals surface area contributed by atoms with Crippen LogP contribution >= 0.6 is 23.2 Å². The molecule has 1 N–H and O–H groups in total.